The molecular weight excluding hydrogens is 468 g/mol. The van der Waals surface area contributed by atoms with E-state index in [-0.39, 0.29) is 18.6 Å². The SMILES string of the molecule is COc1ccc(/C=C2\NC(=S)N(C(C)c3ccccc3)C2=O)cc1COc1ccc(C)cc1Cl. The summed E-state index contributed by atoms with van der Waals surface area (Å²) < 4.78 is 11.4. The Morgan fingerprint density at radius 3 is 2.53 bits per heavy atom. The standard InChI is InChI=1S/C27H25ClN2O3S/c1-17-9-11-25(22(28)13-17)33-16-21-14-19(10-12-24(21)32-3)15-23-26(31)30(27(34)29-23)18(2)20-7-5-4-6-8-20/h4-15,18H,16H2,1-3H3,(H,29,34)/b23-15-. The van der Waals surface area contributed by atoms with Crippen molar-refractivity contribution in [2.24, 2.45) is 0 Å². The highest BCUT2D eigenvalue weighted by Crippen LogP contribution is 2.30. The van der Waals surface area contributed by atoms with Gasteiger partial charge in [-0.3, -0.25) is 9.69 Å². The quantitative estimate of drug-likeness (QED) is 0.321. The van der Waals surface area contributed by atoms with E-state index in [1.165, 1.54) is 0 Å². The molecule has 3 aromatic carbocycles. The van der Waals surface area contributed by atoms with E-state index in [2.05, 4.69) is 5.32 Å². The van der Waals surface area contributed by atoms with Crippen LogP contribution in [0.3, 0.4) is 0 Å². The summed E-state index contributed by atoms with van der Waals surface area (Å²) in [7, 11) is 1.61. The lowest BCUT2D eigenvalue weighted by atomic mass is 10.1. The van der Waals surface area contributed by atoms with E-state index in [1.807, 2.05) is 80.6 Å². The number of rotatable bonds is 7. The minimum Gasteiger partial charge on any atom is -0.496 e. The highest BCUT2D eigenvalue weighted by molar-refractivity contribution is 7.80. The average molecular weight is 493 g/mol. The minimum absolute atomic E-state index is 0.165. The van der Waals surface area contributed by atoms with Gasteiger partial charge in [-0.15, -0.1) is 0 Å². The van der Waals surface area contributed by atoms with Crippen LogP contribution in [0.5, 0.6) is 11.5 Å². The summed E-state index contributed by atoms with van der Waals surface area (Å²) in [5.74, 6) is 1.12. The van der Waals surface area contributed by atoms with Crippen LogP contribution in [0.2, 0.25) is 5.02 Å². The Kier molecular flexibility index (Phi) is 7.20. The first kappa shape index (κ1) is 23.8. The maximum absolute atomic E-state index is 13.2. The van der Waals surface area contributed by atoms with Crippen LogP contribution in [0.4, 0.5) is 0 Å². The number of amides is 1. The van der Waals surface area contributed by atoms with Crippen LogP contribution in [0.1, 0.15) is 35.2 Å². The zero-order chi connectivity index (χ0) is 24.2. The largest absolute Gasteiger partial charge is 0.496 e. The third-order valence-electron chi connectivity index (χ3n) is 5.66. The molecule has 1 atom stereocenters. The molecule has 34 heavy (non-hydrogen) atoms. The van der Waals surface area contributed by atoms with E-state index in [1.54, 1.807) is 18.1 Å². The van der Waals surface area contributed by atoms with Gasteiger partial charge in [0.1, 0.15) is 23.8 Å². The van der Waals surface area contributed by atoms with Gasteiger partial charge in [0.2, 0.25) is 0 Å². The Labute approximate surface area is 209 Å². The van der Waals surface area contributed by atoms with E-state index in [9.17, 15) is 4.79 Å². The normalized spacial score (nSPS) is 15.4. The summed E-state index contributed by atoms with van der Waals surface area (Å²) in [5.41, 5.74) is 4.15. The van der Waals surface area contributed by atoms with E-state index in [0.29, 0.717) is 27.3 Å². The molecule has 7 heteroatoms. The van der Waals surface area contributed by atoms with Crippen molar-refractivity contribution in [3.05, 3.63) is 99.7 Å². The Morgan fingerprint density at radius 1 is 1.09 bits per heavy atom. The van der Waals surface area contributed by atoms with Gasteiger partial charge in [0, 0.05) is 5.56 Å². The Bertz CT molecular complexity index is 1260. The van der Waals surface area contributed by atoms with Crippen molar-refractivity contribution in [3.63, 3.8) is 0 Å². The third-order valence-corrected chi connectivity index (χ3v) is 6.26. The van der Waals surface area contributed by atoms with Gasteiger partial charge in [0.15, 0.2) is 5.11 Å². The van der Waals surface area contributed by atoms with Crippen molar-refractivity contribution < 1.29 is 14.3 Å². The lowest BCUT2D eigenvalue weighted by molar-refractivity contribution is -0.123. The van der Waals surface area contributed by atoms with Crippen molar-refractivity contribution in [3.8, 4) is 11.5 Å². The molecule has 4 rings (SSSR count). The minimum atomic E-state index is -0.182. The summed E-state index contributed by atoms with van der Waals surface area (Å²) in [6, 6.07) is 20.9. The lowest BCUT2D eigenvalue weighted by Gasteiger charge is -2.23. The maximum atomic E-state index is 13.2. The number of halogens is 1. The van der Waals surface area contributed by atoms with Crippen molar-refractivity contribution in [2.45, 2.75) is 26.5 Å². The maximum Gasteiger partial charge on any atom is 0.277 e. The number of thiocarbonyl (C=S) groups is 1. The van der Waals surface area contributed by atoms with Crippen molar-refractivity contribution >= 4 is 40.9 Å². The van der Waals surface area contributed by atoms with Gasteiger partial charge in [0.05, 0.1) is 18.2 Å². The van der Waals surface area contributed by atoms with Crippen LogP contribution in [-0.4, -0.2) is 23.0 Å². The number of carbonyl (C=O) groups excluding carboxylic acids is 1. The molecule has 1 heterocycles. The monoisotopic (exact) mass is 492 g/mol. The van der Waals surface area contributed by atoms with Crippen LogP contribution < -0.4 is 14.8 Å². The fourth-order valence-electron chi connectivity index (χ4n) is 3.83. The van der Waals surface area contributed by atoms with E-state index in [0.717, 1.165) is 22.3 Å². The number of aryl methyl sites for hydroxylation is 1. The van der Waals surface area contributed by atoms with Gasteiger partial charge in [0.25, 0.3) is 5.91 Å². The molecule has 1 saturated heterocycles. The van der Waals surface area contributed by atoms with E-state index < -0.39 is 0 Å². The summed E-state index contributed by atoms with van der Waals surface area (Å²) in [6.45, 7) is 4.20. The zero-order valence-corrected chi connectivity index (χ0v) is 20.7. The van der Waals surface area contributed by atoms with Gasteiger partial charge in [-0.25, -0.2) is 0 Å². The van der Waals surface area contributed by atoms with Crippen LogP contribution in [0.15, 0.2) is 72.4 Å². The molecule has 0 radical (unpaired) electrons. The molecule has 1 fully saturated rings. The number of ether oxygens (including phenoxy) is 2. The molecule has 1 amide bonds. The van der Waals surface area contributed by atoms with Crippen LogP contribution in [0.25, 0.3) is 6.08 Å². The van der Waals surface area contributed by atoms with Gasteiger partial charge in [-0.05, 0) is 73.1 Å². The van der Waals surface area contributed by atoms with E-state index in [4.69, 9.17) is 33.3 Å². The molecule has 3 aromatic rings. The molecule has 1 unspecified atom stereocenters. The number of carbonyl (C=O) groups is 1. The fourth-order valence-corrected chi connectivity index (χ4v) is 4.47. The smallest absolute Gasteiger partial charge is 0.277 e. The summed E-state index contributed by atoms with van der Waals surface area (Å²) >= 11 is 11.8. The molecule has 1 N–H and O–H groups in total. The highest BCUT2D eigenvalue weighted by atomic mass is 35.5. The number of nitrogens with zero attached hydrogens (tertiary/aromatic N) is 1. The molecule has 0 spiro atoms. The average Bonchev–Trinajstić information content (AvgIpc) is 3.11. The van der Waals surface area contributed by atoms with Crippen molar-refractivity contribution in [1.82, 2.24) is 10.2 Å². The van der Waals surface area contributed by atoms with Gasteiger partial charge in [-0.2, -0.15) is 0 Å². The van der Waals surface area contributed by atoms with Gasteiger partial charge in [-0.1, -0.05) is 54.1 Å². The predicted molar refractivity (Wildman–Crippen MR) is 139 cm³/mol. The molecular formula is C27H25ClN2O3S. The number of benzene rings is 3. The molecule has 0 aromatic heterocycles. The van der Waals surface area contributed by atoms with E-state index >= 15 is 0 Å². The summed E-state index contributed by atoms with van der Waals surface area (Å²) in [4.78, 5) is 14.8. The second-order valence-electron chi connectivity index (χ2n) is 8.04. The first-order valence-electron chi connectivity index (χ1n) is 10.8. The first-order valence-corrected chi connectivity index (χ1v) is 11.6. The Hall–Kier alpha value is -3.35. The molecule has 5 nitrogen and oxygen atoms in total. The fraction of sp³-hybridized carbons (Fsp3) is 0.185. The predicted octanol–water partition coefficient (Wildman–Crippen LogP) is 6.05. The topological polar surface area (TPSA) is 50.8 Å². The Morgan fingerprint density at radius 2 is 1.82 bits per heavy atom. The summed E-state index contributed by atoms with van der Waals surface area (Å²) in [5, 5.41) is 4.00. The number of nitrogens with one attached hydrogen (secondary N) is 1. The zero-order valence-electron chi connectivity index (χ0n) is 19.2. The highest BCUT2D eigenvalue weighted by Gasteiger charge is 2.34. The van der Waals surface area contributed by atoms with Gasteiger partial charge < -0.3 is 14.8 Å². The Balaban J connectivity index is 1.55. The molecule has 0 saturated carbocycles. The van der Waals surface area contributed by atoms with Crippen LogP contribution in [-0.2, 0) is 11.4 Å². The molecule has 1 aliphatic heterocycles. The first-order chi connectivity index (χ1) is 16.4. The van der Waals surface area contributed by atoms with Crippen LogP contribution >= 0.6 is 23.8 Å². The summed E-state index contributed by atoms with van der Waals surface area (Å²) in [6.07, 6.45) is 1.79. The number of methoxy groups -OCH3 is 1. The van der Waals surface area contributed by atoms with Crippen molar-refractivity contribution in [2.75, 3.05) is 7.11 Å². The number of hydrogen-bond donors (Lipinski definition) is 1. The third kappa shape index (κ3) is 5.08. The second kappa shape index (κ2) is 10.3. The van der Waals surface area contributed by atoms with Crippen molar-refractivity contribution in [1.29, 1.82) is 0 Å². The van der Waals surface area contributed by atoms with Crippen LogP contribution in [0, 0.1) is 6.92 Å². The molecule has 174 valence electrons. The lowest BCUT2D eigenvalue weighted by Crippen LogP contribution is -2.33. The van der Waals surface area contributed by atoms with Gasteiger partial charge >= 0.3 is 0 Å². The second-order valence-corrected chi connectivity index (χ2v) is 8.84. The molecule has 0 aliphatic carbocycles. The molecule has 1 aliphatic rings. The molecule has 0 bridgehead atoms. The number of hydrogen-bond acceptors (Lipinski definition) is 4.